The molecule has 8 aromatic heterocycles. The van der Waals surface area contributed by atoms with Gasteiger partial charge >= 0.3 is 0 Å². The first-order chi connectivity index (χ1) is 42.8. The highest BCUT2D eigenvalue weighted by molar-refractivity contribution is 7.12. The molecule has 0 atom stereocenters. The molecule has 0 radical (unpaired) electrons. The van der Waals surface area contributed by atoms with Crippen molar-refractivity contribution < 1.29 is 0 Å². The maximum absolute atomic E-state index is 11.4. The van der Waals surface area contributed by atoms with E-state index >= 15 is 0 Å². The maximum Gasteiger partial charge on any atom is 0.250 e. The van der Waals surface area contributed by atoms with Crippen LogP contribution in [0.4, 0.5) is 0 Å². The Hall–Kier alpha value is -5.65. The molecule has 0 unspecified atom stereocenters. The van der Waals surface area contributed by atoms with E-state index in [0.717, 1.165) is 11.5 Å². The molecule has 0 aliphatic carbocycles. The summed E-state index contributed by atoms with van der Waals surface area (Å²) in [7, 11) is 0. The quantitative estimate of drug-likeness (QED) is 0.100. The molecule has 0 aliphatic heterocycles. The number of hydrogen-bond acceptors (Lipinski definition) is 7. The van der Waals surface area contributed by atoms with Gasteiger partial charge in [0.1, 0.15) is 5.82 Å². The number of aromatic amines is 2. The number of nitrogens with one attached hydrogen (secondary N) is 2. The first-order valence-electron chi connectivity index (χ1n) is 34.9. The topological polar surface area (TPSA) is 110 Å². The third-order valence-electron chi connectivity index (χ3n) is 15.4. The molecule has 92 heavy (non-hydrogen) atoms. The lowest BCUT2D eigenvalue weighted by Crippen LogP contribution is -2.20. The molecule has 514 valence electrons. The monoisotopic (exact) mass is 1300 g/mol. The van der Waals surface area contributed by atoms with Crippen LogP contribution in [0.5, 0.6) is 0 Å². The van der Waals surface area contributed by atoms with Crippen molar-refractivity contribution in [3.63, 3.8) is 0 Å². The number of rotatable bonds is 16. The molecule has 0 amide bonds. The van der Waals surface area contributed by atoms with E-state index in [-0.39, 0.29) is 11.6 Å². The molecule has 8 aromatic rings. The molecule has 8 rings (SSSR count). The Kier molecular flexibility index (Phi) is 39.1. The van der Waals surface area contributed by atoms with Crippen molar-refractivity contribution >= 4 is 22.7 Å². The van der Waals surface area contributed by atoms with Crippen LogP contribution in [0.15, 0.2) is 114 Å². The van der Waals surface area contributed by atoms with Gasteiger partial charge in [-0.1, -0.05) is 206 Å². The second-order valence-corrected chi connectivity index (χ2v) is 31.5. The number of hydrogen-bond donors (Lipinski definition) is 2. The average Bonchev–Trinajstić information content (AvgIpc) is 1.84. The molecule has 0 aromatic carbocycles. The molecular weight excluding hydrogens is 1170 g/mol. The summed E-state index contributed by atoms with van der Waals surface area (Å²) in [4.78, 5) is 35.9. The number of nitrogens with zero attached hydrogens (tertiary/aromatic N) is 6. The SMILES string of the molecule is CC(C)c1c[nH]c(C(C)C)c1.CC(C)c1ccc(=O)n(C(C)C)c1.CC(C)c1ccc(C(C)C)[nH]1.CC(C)c1ccc(C(C)C)s1.CC(C)c1cccc(C(C)C)n1.CC(C)c1ccn(C(C)C)n1.CC(C)c1ccnc(C(C)C)n1.CC(C)c1csc(C(C)C)c1. The van der Waals surface area contributed by atoms with Crippen molar-refractivity contribution in [1.82, 2.24) is 39.3 Å². The molecule has 0 aliphatic rings. The molecular formula is C81H132N8OS2. The Morgan fingerprint density at radius 3 is 1.17 bits per heavy atom. The predicted molar refractivity (Wildman–Crippen MR) is 407 cm³/mol. The van der Waals surface area contributed by atoms with Gasteiger partial charge in [0, 0.05) is 97.7 Å². The second kappa shape index (κ2) is 42.6. The van der Waals surface area contributed by atoms with Crippen molar-refractivity contribution in [2.45, 2.75) is 316 Å². The number of pyridine rings is 2. The number of H-pyrrole nitrogens is 2. The van der Waals surface area contributed by atoms with Crippen LogP contribution in [-0.4, -0.2) is 39.3 Å². The van der Waals surface area contributed by atoms with Gasteiger partial charge in [-0.15, -0.1) is 22.7 Å². The van der Waals surface area contributed by atoms with Crippen molar-refractivity contribution in [3.8, 4) is 0 Å². The van der Waals surface area contributed by atoms with Gasteiger partial charge < -0.3 is 14.5 Å². The normalized spacial score (nSPS) is 11.3. The Morgan fingerprint density at radius 1 is 0.391 bits per heavy atom. The zero-order chi connectivity index (χ0) is 70.4. The largest absolute Gasteiger partial charge is 0.364 e. The Morgan fingerprint density at radius 2 is 0.859 bits per heavy atom. The molecule has 11 heteroatoms. The van der Waals surface area contributed by atoms with Gasteiger partial charge in [-0.3, -0.25) is 14.5 Å². The summed E-state index contributed by atoms with van der Waals surface area (Å²) in [5, 5.41) is 6.70. The van der Waals surface area contributed by atoms with Crippen molar-refractivity contribution in [2.24, 2.45) is 0 Å². The minimum absolute atomic E-state index is 0.0828. The highest BCUT2D eigenvalue weighted by atomic mass is 32.1. The summed E-state index contributed by atoms with van der Waals surface area (Å²) in [6.07, 6.45) is 7.95. The minimum Gasteiger partial charge on any atom is -0.364 e. The van der Waals surface area contributed by atoms with E-state index < -0.39 is 0 Å². The lowest BCUT2D eigenvalue weighted by molar-refractivity contribution is 0.523. The van der Waals surface area contributed by atoms with Crippen LogP contribution < -0.4 is 5.56 Å². The fraction of sp³-hybridized carbons (Fsp3) is 0.593. The average molecular weight is 1300 g/mol. The van der Waals surface area contributed by atoms with Crippen molar-refractivity contribution in [3.05, 3.63) is 196 Å². The summed E-state index contributed by atoms with van der Waals surface area (Å²) >= 11 is 3.84. The van der Waals surface area contributed by atoms with E-state index in [1.54, 1.807) is 10.6 Å². The molecule has 0 fully saturated rings. The number of aromatic nitrogens is 8. The highest BCUT2D eigenvalue weighted by Crippen LogP contribution is 2.30. The Labute approximate surface area is 571 Å². The van der Waals surface area contributed by atoms with E-state index in [1.165, 1.54) is 65.5 Å². The predicted octanol–water partition coefficient (Wildman–Crippen LogP) is 25.7. The van der Waals surface area contributed by atoms with Gasteiger partial charge in [-0.25, -0.2) is 9.97 Å². The van der Waals surface area contributed by atoms with E-state index in [9.17, 15) is 4.79 Å². The zero-order valence-electron chi connectivity index (χ0n) is 64.0. The summed E-state index contributed by atoms with van der Waals surface area (Å²) in [6, 6.07) is 28.1. The first-order valence-corrected chi connectivity index (χ1v) is 36.6. The fourth-order valence-corrected chi connectivity index (χ4v) is 10.6. The van der Waals surface area contributed by atoms with E-state index in [4.69, 9.17) is 0 Å². The van der Waals surface area contributed by atoms with Crippen LogP contribution in [-0.2, 0) is 0 Å². The molecule has 9 nitrogen and oxygen atoms in total. The van der Waals surface area contributed by atoms with Gasteiger partial charge in [0.2, 0.25) is 0 Å². The minimum atomic E-state index is 0.0828. The highest BCUT2D eigenvalue weighted by Gasteiger charge is 2.11. The van der Waals surface area contributed by atoms with Gasteiger partial charge in [0.25, 0.3) is 5.56 Å². The van der Waals surface area contributed by atoms with Gasteiger partial charge in [0.15, 0.2) is 0 Å². The van der Waals surface area contributed by atoms with Crippen LogP contribution in [0.25, 0.3) is 0 Å². The van der Waals surface area contributed by atoms with Gasteiger partial charge in [0.05, 0.1) is 5.69 Å². The third-order valence-corrected chi connectivity index (χ3v) is 18.3. The molecule has 0 spiro atoms. The van der Waals surface area contributed by atoms with Crippen molar-refractivity contribution in [2.75, 3.05) is 0 Å². The fourth-order valence-electron chi connectivity index (χ4n) is 8.48. The molecule has 0 saturated carbocycles. The van der Waals surface area contributed by atoms with Crippen LogP contribution in [0.2, 0.25) is 0 Å². The summed E-state index contributed by atoms with van der Waals surface area (Å²) in [5.41, 5.74) is 12.9. The molecule has 8 heterocycles. The number of thiophene rings is 2. The first kappa shape index (κ1) is 84.4. The van der Waals surface area contributed by atoms with Crippen LogP contribution in [0, 0.1) is 0 Å². The van der Waals surface area contributed by atoms with E-state index in [1.807, 2.05) is 71.9 Å². The van der Waals surface area contributed by atoms with Crippen molar-refractivity contribution in [1.29, 1.82) is 0 Å². The second-order valence-electron chi connectivity index (χ2n) is 29.4. The smallest absolute Gasteiger partial charge is 0.250 e. The summed E-state index contributed by atoms with van der Waals surface area (Å²) < 4.78 is 3.77. The lowest BCUT2D eigenvalue weighted by Gasteiger charge is -2.12. The zero-order valence-corrected chi connectivity index (χ0v) is 65.7. The van der Waals surface area contributed by atoms with Crippen LogP contribution in [0.3, 0.4) is 0 Å². The molecule has 0 saturated heterocycles. The molecule has 2 N–H and O–H groups in total. The lowest BCUT2D eigenvalue weighted by atomic mass is 10.1. The van der Waals surface area contributed by atoms with Gasteiger partial charge in [-0.2, -0.15) is 5.10 Å². The third kappa shape index (κ3) is 31.5. The Bertz CT molecular complexity index is 2740. The Balaban J connectivity index is 0.000000526. The van der Waals surface area contributed by atoms with E-state index in [0.29, 0.717) is 88.9 Å². The van der Waals surface area contributed by atoms with Crippen LogP contribution in [0.1, 0.15) is 393 Å². The van der Waals surface area contributed by atoms with Gasteiger partial charge in [-0.05, 0) is 187 Å². The summed E-state index contributed by atoms with van der Waals surface area (Å²) in [5.74, 6) is 9.15. The maximum atomic E-state index is 11.4. The van der Waals surface area contributed by atoms with Crippen LogP contribution >= 0.6 is 22.7 Å². The van der Waals surface area contributed by atoms with E-state index in [2.05, 4.69) is 310 Å². The summed E-state index contributed by atoms with van der Waals surface area (Å²) in [6.45, 7) is 69.7. The standard InChI is InChI=1S/C11H17NO.C11H17N.C10H16N2.2C10H17N.2C10H16S.C9H16N2/c1-8(2)10-5-6-11(13)12(7-10)9(3)4;1-8(2)10-6-5-7-11(12-10)9(3)4;1-7(2)9-5-6-11-10(12-9)8(3)4;1-7(2)9-5-10(8(3)4)11-6-9;1-7(2)9-5-6-10(11-9)8(3)4;1-7(2)9-5-10(8(3)4)11-6-9;1-7(2)9-5-6-10(11-9)8(3)4;1-7(2)9-5-6-11(10-9)8(3)4/h5-9H,1-4H3;5-9H,1-4H3;5-8H,1-4H3;2*5-8,11H,1-4H3;3*5-8H,1-4H3. The molecule has 0 bridgehead atoms.